The van der Waals surface area contributed by atoms with Gasteiger partial charge in [0.25, 0.3) is 0 Å². The Bertz CT molecular complexity index is 359. The van der Waals surface area contributed by atoms with E-state index in [1.807, 2.05) is 0 Å². The van der Waals surface area contributed by atoms with Crippen LogP contribution in [-0.2, 0) is 12.0 Å². The second-order valence-electron chi connectivity index (χ2n) is 3.43. The predicted molar refractivity (Wildman–Crippen MR) is 48.8 cm³/mol. The Balaban J connectivity index is 2.55. The summed E-state index contributed by atoms with van der Waals surface area (Å²) in [5.74, 6) is -0.243. The highest BCUT2D eigenvalue weighted by Gasteiger charge is 2.33. The van der Waals surface area contributed by atoms with Crippen molar-refractivity contribution in [2.45, 2.75) is 18.4 Å². The van der Waals surface area contributed by atoms with Gasteiger partial charge in [0.2, 0.25) is 0 Å². The van der Waals surface area contributed by atoms with Gasteiger partial charge in [-0.1, -0.05) is 18.7 Å². The maximum absolute atomic E-state index is 12.8. The van der Waals surface area contributed by atoms with Gasteiger partial charge in [0, 0.05) is 0 Å². The first-order valence-corrected chi connectivity index (χ1v) is 4.30. The lowest BCUT2D eigenvalue weighted by Gasteiger charge is -2.18. The van der Waals surface area contributed by atoms with Crippen LogP contribution in [0.25, 0.3) is 0 Å². The Morgan fingerprint density at radius 3 is 3.00 bits per heavy atom. The highest BCUT2D eigenvalue weighted by atomic mass is 19.1. The third-order valence-electron chi connectivity index (χ3n) is 2.65. The lowest BCUT2D eigenvalue weighted by Crippen LogP contribution is -2.17. The second-order valence-corrected chi connectivity index (χ2v) is 3.43. The van der Waals surface area contributed by atoms with Gasteiger partial charge >= 0.3 is 0 Å². The lowest BCUT2D eigenvalue weighted by molar-refractivity contribution is 0.0920. The SMILES string of the molecule is C=CC1(O)CCc2cc(F)ccc21. The molecule has 68 valence electrons. The van der Waals surface area contributed by atoms with Gasteiger partial charge in [-0.05, 0) is 36.1 Å². The van der Waals surface area contributed by atoms with Gasteiger partial charge in [-0.3, -0.25) is 0 Å². The molecule has 0 bridgehead atoms. The van der Waals surface area contributed by atoms with Crippen molar-refractivity contribution in [2.24, 2.45) is 0 Å². The zero-order valence-electron chi connectivity index (χ0n) is 7.26. The third-order valence-corrected chi connectivity index (χ3v) is 2.65. The molecule has 1 aromatic rings. The van der Waals surface area contributed by atoms with E-state index in [0.29, 0.717) is 6.42 Å². The first kappa shape index (κ1) is 8.45. The van der Waals surface area contributed by atoms with Crippen molar-refractivity contribution in [1.29, 1.82) is 0 Å². The number of hydrogen-bond donors (Lipinski definition) is 1. The van der Waals surface area contributed by atoms with Crippen molar-refractivity contribution in [1.82, 2.24) is 0 Å². The van der Waals surface area contributed by atoms with E-state index in [1.165, 1.54) is 18.2 Å². The van der Waals surface area contributed by atoms with Gasteiger partial charge in [0.15, 0.2) is 0 Å². The van der Waals surface area contributed by atoms with Crippen molar-refractivity contribution < 1.29 is 9.50 Å². The van der Waals surface area contributed by atoms with E-state index in [2.05, 4.69) is 6.58 Å². The molecule has 0 saturated heterocycles. The molecule has 0 heterocycles. The summed E-state index contributed by atoms with van der Waals surface area (Å²) in [7, 11) is 0. The van der Waals surface area contributed by atoms with Crippen molar-refractivity contribution in [3.63, 3.8) is 0 Å². The van der Waals surface area contributed by atoms with Gasteiger partial charge in [-0.2, -0.15) is 0 Å². The molecule has 1 N–H and O–H groups in total. The molecule has 0 saturated carbocycles. The van der Waals surface area contributed by atoms with Crippen LogP contribution in [-0.4, -0.2) is 5.11 Å². The molecule has 1 aliphatic carbocycles. The van der Waals surface area contributed by atoms with Gasteiger partial charge in [0.05, 0.1) is 0 Å². The molecule has 1 aromatic carbocycles. The molecule has 2 rings (SSSR count). The highest BCUT2D eigenvalue weighted by Crippen LogP contribution is 2.37. The number of hydrogen-bond acceptors (Lipinski definition) is 1. The number of benzene rings is 1. The summed E-state index contributed by atoms with van der Waals surface area (Å²) in [6, 6.07) is 4.49. The van der Waals surface area contributed by atoms with E-state index in [9.17, 15) is 9.50 Å². The monoisotopic (exact) mass is 178 g/mol. The van der Waals surface area contributed by atoms with Crippen LogP contribution in [0, 0.1) is 5.82 Å². The average Bonchev–Trinajstić information content (AvgIpc) is 2.45. The molecule has 1 atom stereocenters. The Hall–Kier alpha value is -1.15. The summed E-state index contributed by atoms with van der Waals surface area (Å²) >= 11 is 0. The molecule has 0 fully saturated rings. The quantitative estimate of drug-likeness (QED) is 0.653. The minimum absolute atomic E-state index is 0.243. The van der Waals surface area contributed by atoms with E-state index < -0.39 is 5.60 Å². The summed E-state index contributed by atoms with van der Waals surface area (Å²) in [6.07, 6.45) is 2.85. The average molecular weight is 178 g/mol. The van der Waals surface area contributed by atoms with Crippen LogP contribution < -0.4 is 0 Å². The Kier molecular flexibility index (Phi) is 1.74. The fourth-order valence-electron chi connectivity index (χ4n) is 1.86. The summed E-state index contributed by atoms with van der Waals surface area (Å²) in [4.78, 5) is 0. The van der Waals surface area contributed by atoms with Crippen LogP contribution in [0.1, 0.15) is 17.5 Å². The molecule has 0 aliphatic heterocycles. The van der Waals surface area contributed by atoms with Crippen molar-refractivity contribution in [3.05, 3.63) is 47.8 Å². The molecule has 1 unspecified atom stereocenters. The van der Waals surface area contributed by atoms with Crippen LogP contribution in [0.15, 0.2) is 30.9 Å². The first-order chi connectivity index (χ1) is 6.15. The van der Waals surface area contributed by atoms with Crippen molar-refractivity contribution in [2.75, 3.05) is 0 Å². The maximum Gasteiger partial charge on any atom is 0.123 e. The van der Waals surface area contributed by atoms with E-state index in [4.69, 9.17) is 0 Å². The van der Waals surface area contributed by atoms with Crippen LogP contribution in [0.2, 0.25) is 0 Å². The second kappa shape index (κ2) is 2.67. The number of fused-ring (bicyclic) bond motifs is 1. The number of aliphatic hydroxyl groups is 1. The van der Waals surface area contributed by atoms with E-state index in [-0.39, 0.29) is 5.82 Å². The summed E-state index contributed by atoms with van der Waals surface area (Å²) in [5.41, 5.74) is 0.745. The summed E-state index contributed by atoms with van der Waals surface area (Å²) < 4.78 is 12.8. The molecule has 0 aromatic heterocycles. The molecular formula is C11H11FO. The van der Waals surface area contributed by atoms with Gasteiger partial charge in [-0.25, -0.2) is 4.39 Å². The van der Waals surface area contributed by atoms with Crippen molar-refractivity contribution >= 4 is 0 Å². The molecule has 0 radical (unpaired) electrons. The number of aryl methyl sites for hydroxylation is 1. The smallest absolute Gasteiger partial charge is 0.123 e. The molecule has 2 heteroatoms. The zero-order valence-corrected chi connectivity index (χ0v) is 7.26. The van der Waals surface area contributed by atoms with Crippen LogP contribution in [0.4, 0.5) is 4.39 Å². The fraction of sp³-hybridized carbons (Fsp3) is 0.273. The number of rotatable bonds is 1. The topological polar surface area (TPSA) is 20.2 Å². The predicted octanol–water partition coefficient (Wildman–Crippen LogP) is 2.15. The maximum atomic E-state index is 12.8. The molecule has 0 amide bonds. The molecule has 1 aliphatic rings. The van der Waals surface area contributed by atoms with E-state index >= 15 is 0 Å². The normalized spacial score (nSPS) is 25.7. The van der Waals surface area contributed by atoms with Crippen molar-refractivity contribution in [3.8, 4) is 0 Å². The molecule has 1 nitrogen and oxygen atoms in total. The Labute approximate surface area is 76.5 Å². The van der Waals surface area contributed by atoms with Crippen LogP contribution in [0.3, 0.4) is 0 Å². The standard InChI is InChI=1S/C11H11FO/c1-2-11(13)6-5-8-7-9(12)3-4-10(8)11/h2-4,7,13H,1,5-6H2. The van der Waals surface area contributed by atoms with E-state index in [1.54, 1.807) is 6.07 Å². The molecule has 13 heavy (non-hydrogen) atoms. The zero-order chi connectivity index (χ0) is 9.47. The Morgan fingerprint density at radius 1 is 1.54 bits per heavy atom. The number of halogens is 1. The summed E-state index contributed by atoms with van der Waals surface area (Å²) in [5, 5.41) is 10.0. The van der Waals surface area contributed by atoms with Gasteiger partial charge in [-0.15, -0.1) is 0 Å². The third kappa shape index (κ3) is 1.18. The Morgan fingerprint density at radius 2 is 2.31 bits per heavy atom. The van der Waals surface area contributed by atoms with Gasteiger partial charge < -0.3 is 5.11 Å². The van der Waals surface area contributed by atoms with E-state index in [0.717, 1.165) is 17.5 Å². The fourth-order valence-corrected chi connectivity index (χ4v) is 1.86. The van der Waals surface area contributed by atoms with Crippen LogP contribution >= 0.6 is 0 Å². The minimum Gasteiger partial charge on any atom is -0.381 e. The van der Waals surface area contributed by atoms with Gasteiger partial charge in [0.1, 0.15) is 11.4 Å². The largest absolute Gasteiger partial charge is 0.381 e. The highest BCUT2D eigenvalue weighted by molar-refractivity contribution is 5.40. The molecule has 0 spiro atoms. The lowest BCUT2D eigenvalue weighted by atomic mass is 9.96. The first-order valence-electron chi connectivity index (χ1n) is 4.30. The van der Waals surface area contributed by atoms with Crippen LogP contribution in [0.5, 0.6) is 0 Å². The summed E-state index contributed by atoms with van der Waals surface area (Å²) in [6.45, 7) is 3.59. The molecular weight excluding hydrogens is 167 g/mol. The minimum atomic E-state index is -0.941.